The van der Waals surface area contributed by atoms with Crippen LogP contribution in [0.1, 0.15) is 12.8 Å². The second-order valence-corrected chi connectivity index (χ2v) is 10.6. The number of nitrogens with one attached hydrogen (secondary N) is 3. The van der Waals surface area contributed by atoms with E-state index in [9.17, 15) is 35.5 Å². The van der Waals surface area contributed by atoms with Crippen LogP contribution in [0.5, 0.6) is 0 Å². The van der Waals surface area contributed by atoms with Gasteiger partial charge in [-0.15, -0.1) is 0 Å². The third kappa shape index (κ3) is 7.92. The van der Waals surface area contributed by atoms with E-state index in [2.05, 4.69) is 10.6 Å². The van der Waals surface area contributed by atoms with E-state index < -0.39 is 104 Å². The van der Waals surface area contributed by atoms with Crippen molar-refractivity contribution in [3.05, 3.63) is 0 Å². The zero-order chi connectivity index (χ0) is 31.3. The number of guanidine groups is 1. The van der Waals surface area contributed by atoms with Crippen molar-refractivity contribution in [3.63, 3.8) is 0 Å². The zero-order valence-corrected chi connectivity index (χ0v) is 22.9. The first-order valence-electron chi connectivity index (χ1n) is 13.6. The van der Waals surface area contributed by atoms with Gasteiger partial charge in [-0.3, -0.25) is 10.6 Å². The van der Waals surface area contributed by atoms with Crippen LogP contribution in [0.15, 0.2) is 0 Å². The quantitative estimate of drug-likeness (QED) is 0.0472. The molecule has 3 fully saturated rings. The zero-order valence-electron chi connectivity index (χ0n) is 22.9. The van der Waals surface area contributed by atoms with Crippen LogP contribution in [0.3, 0.4) is 0 Å². The number of nitrogens with two attached hydrogens (primary N) is 5. The SMILES string of the molecule is N=C(N)N[C@@H]1C[C@H](O)[C@@H](CN)O[C@@H]1OC1[C@@H](N)C[C@@H](NC(=O)N(O)CCN)[C@H](O[C@H]2O[C@H](CO)[C@@H](O)[C@H](N)[C@H]2O)[C@H]1O. The smallest absolute Gasteiger partial charge is 0.341 e. The maximum Gasteiger partial charge on any atom is 0.341 e. The van der Waals surface area contributed by atoms with Gasteiger partial charge in [0.1, 0.15) is 36.6 Å². The first-order chi connectivity index (χ1) is 19.8. The predicted molar refractivity (Wildman–Crippen MR) is 141 cm³/mol. The monoisotopic (exact) mass is 611 g/mol. The summed E-state index contributed by atoms with van der Waals surface area (Å²) in [6.07, 6.45) is -13.3. The molecular weight excluding hydrogens is 566 g/mol. The Labute approximate surface area is 241 Å². The number of hydroxylamine groups is 2. The Bertz CT molecular complexity index is 895. The Morgan fingerprint density at radius 1 is 0.929 bits per heavy atom. The van der Waals surface area contributed by atoms with Crippen LogP contribution in [0, 0.1) is 5.41 Å². The summed E-state index contributed by atoms with van der Waals surface area (Å²) in [5.41, 5.74) is 28.8. The van der Waals surface area contributed by atoms with Crippen molar-refractivity contribution in [2.24, 2.45) is 28.7 Å². The van der Waals surface area contributed by atoms with Gasteiger partial charge in [-0.2, -0.15) is 0 Å². The number of hydrogen-bond acceptors (Lipinski definition) is 16. The van der Waals surface area contributed by atoms with E-state index in [1.807, 2.05) is 0 Å². The first kappa shape index (κ1) is 34.5. The van der Waals surface area contributed by atoms with Crippen molar-refractivity contribution >= 4 is 12.0 Å². The van der Waals surface area contributed by atoms with Crippen LogP contribution >= 0.6 is 0 Å². The van der Waals surface area contributed by atoms with E-state index in [1.54, 1.807) is 0 Å². The van der Waals surface area contributed by atoms with E-state index in [0.717, 1.165) is 0 Å². The minimum Gasteiger partial charge on any atom is -0.394 e. The number of aliphatic hydroxyl groups is 5. The summed E-state index contributed by atoms with van der Waals surface area (Å²) in [7, 11) is 0. The number of aliphatic hydroxyl groups excluding tert-OH is 5. The lowest BCUT2D eigenvalue weighted by molar-refractivity contribution is -0.316. The van der Waals surface area contributed by atoms with Gasteiger partial charge in [0.05, 0.1) is 43.5 Å². The normalized spacial score (nSPS) is 42.5. The molecule has 2 heterocycles. The summed E-state index contributed by atoms with van der Waals surface area (Å²) in [6.45, 7) is -0.992. The van der Waals surface area contributed by atoms with E-state index in [4.69, 9.17) is 53.0 Å². The Hall–Kier alpha value is -2.02. The molecule has 244 valence electrons. The number of urea groups is 1. The molecule has 0 bridgehead atoms. The second-order valence-electron chi connectivity index (χ2n) is 10.6. The van der Waals surface area contributed by atoms with E-state index >= 15 is 0 Å². The van der Waals surface area contributed by atoms with Crippen LogP contribution in [0.4, 0.5) is 4.79 Å². The lowest BCUT2D eigenvalue weighted by Crippen LogP contribution is -2.69. The number of hydrogen-bond donors (Lipinski definition) is 14. The Morgan fingerprint density at radius 3 is 2.17 bits per heavy atom. The molecule has 20 nitrogen and oxygen atoms in total. The second kappa shape index (κ2) is 15.1. The van der Waals surface area contributed by atoms with Crippen LogP contribution in [-0.2, 0) is 18.9 Å². The molecule has 0 spiro atoms. The standard InChI is InChI=1S/C22H45N9O11/c23-1-2-31(38)22(37)30-8-3-7(25)17(41-19-9(29-21(27)28)4-10(33)11(5-24)39-19)16(36)18(8)42-20-15(35)13(26)14(34)12(6-32)40-20/h7-20,32-36,38H,1-6,23-26H2,(H,30,37)(H4,27,28,29)/t7-,8+,9+,10-,11+,12+,13-,14+,15+,16-,17?,18-,19+,20+/m0/s1. The van der Waals surface area contributed by atoms with Gasteiger partial charge in [0.25, 0.3) is 0 Å². The molecule has 1 unspecified atom stereocenters. The highest BCUT2D eigenvalue weighted by Gasteiger charge is 2.51. The Balaban J connectivity index is 1.87. The lowest BCUT2D eigenvalue weighted by atomic mass is 9.83. The maximum atomic E-state index is 12.6. The molecule has 2 amide bonds. The van der Waals surface area contributed by atoms with E-state index in [1.165, 1.54) is 0 Å². The minimum atomic E-state index is -1.66. The van der Waals surface area contributed by atoms with Crippen molar-refractivity contribution in [2.75, 3.05) is 26.2 Å². The van der Waals surface area contributed by atoms with Crippen molar-refractivity contribution in [3.8, 4) is 0 Å². The van der Waals surface area contributed by atoms with Crippen molar-refractivity contribution in [1.29, 1.82) is 5.41 Å². The predicted octanol–water partition coefficient (Wildman–Crippen LogP) is -7.37. The number of ether oxygens (including phenoxy) is 4. The Kier molecular flexibility index (Phi) is 12.4. The molecule has 3 rings (SSSR count). The molecule has 1 saturated carbocycles. The molecule has 0 radical (unpaired) electrons. The average Bonchev–Trinajstić information content (AvgIpc) is 2.93. The molecular formula is C22H45N9O11. The summed E-state index contributed by atoms with van der Waals surface area (Å²) in [4.78, 5) is 12.6. The molecule has 3 aliphatic rings. The number of amides is 2. The van der Waals surface area contributed by atoms with Crippen molar-refractivity contribution in [1.82, 2.24) is 15.7 Å². The number of nitrogens with zero attached hydrogens (tertiary/aromatic N) is 1. The summed E-state index contributed by atoms with van der Waals surface area (Å²) >= 11 is 0. The third-order valence-electron chi connectivity index (χ3n) is 7.56. The fourth-order valence-electron chi connectivity index (χ4n) is 5.28. The summed E-state index contributed by atoms with van der Waals surface area (Å²) < 4.78 is 23.3. The van der Waals surface area contributed by atoms with Gasteiger partial charge in [0.2, 0.25) is 0 Å². The van der Waals surface area contributed by atoms with Gasteiger partial charge in [-0.05, 0) is 6.42 Å². The molecule has 1 aliphatic carbocycles. The number of carbonyl (C=O) groups excluding carboxylic acids is 1. The largest absolute Gasteiger partial charge is 0.394 e. The molecule has 14 atom stereocenters. The highest BCUT2D eigenvalue weighted by atomic mass is 16.7. The third-order valence-corrected chi connectivity index (χ3v) is 7.56. The molecule has 2 saturated heterocycles. The topological polar surface area (TPSA) is 357 Å². The fourth-order valence-corrected chi connectivity index (χ4v) is 5.28. The molecule has 0 aromatic heterocycles. The highest BCUT2D eigenvalue weighted by molar-refractivity contribution is 5.74. The highest BCUT2D eigenvalue weighted by Crippen LogP contribution is 2.32. The van der Waals surface area contributed by atoms with Gasteiger partial charge in [0.15, 0.2) is 18.5 Å². The minimum absolute atomic E-state index is 0.0289. The van der Waals surface area contributed by atoms with Gasteiger partial charge in [0, 0.05) is 25.6 Å². The molecule has 0 aromatic rings. The van der Waals surface area contributed by atoms with Gasteiger partial charge in [-0.1, -0.05) is 0 Å². The fraction of sp³-hybridized carbons (Fsp3) is 0.909. The molecule has 19 N–H and O–H groups in total. The summed E-state index contributed by atoms with van der Waals surface area (Å²) in [6, 6.07) is -5.20. The number of carbonyl (C=O) groups is 1. The lowest BCUT2D eigenvalue weighted by Gasteiger charge is -2.49. The summed E-state index contributed by atoms with van der Waals surface area (Å²) in [5, 5.41) is 75.3. The van der Waals surface area contributed by atoms with E-state index in [0.29, 0.717) is 5.06 Å². The van der Waals surface area contributed by atoms with Crippen LogP contribution in [-0.4, -0.2) is 160 Å². The van der Waals surface area contributed by atoms with Crippen LogP contribution in [0.2, 0.25) is 0 Å². The molecule has 20 heteroatoms. The number of rotatable bonds is 10. The van der Waals surface area contributed by atoms with Crippen molar-refractivity contribution < 1.29 is 54.5 Å². The van der Waals surface area contributed by atoms with Crippen LogP contribution < -0.4 is 39.3 Å². The van der Waals surface area contributed by atoms with Crippen LogP contribution in [0.25, 0.3) is 0 Å². The molecule has 2 aliphatic heterocycles. The summed E-state index contributed by atoms with van der Waals surface area (Å²) in [5.74, 6) is -0.431. The molecule has 0 aromatic carbocycles. The van der Waals surface area contributed by atoms with E-state index in [-0.39, 0.29) is 32.5 Å². The average molecular weight is 612 g/mol. The first-order valence-corrected chi connectivity index (χ1v) is 13.6. The van der Waals surface area contributed by atoms with Gasteiger partial charge < -0.3 is 83.8 Å². The van der Waals surface area contributed by atoms with Gasteiger partial charge >= 0.3 is 6.03 Å². The Morgan fingerprint density at radius 2 is 1.57 bits per heavy atom. The molecule has 42 heavy (non-hydrogen) atoms. The van der Waals surface area contributed by atoms with Crippen molar-refractivity contribution in [2.45, 2.75) is 98.4 Å². The maximum absolute atomic E-state index is 12.6. The van der Waals surface area contributed by atoms with Gasteiger partial charge in [-0.25, -0.2) is 9.86 Å².